The number of nitrogens with zero attached hydrogens (tertiary/aromatic N) is 2. The van der Waals surface area contributed by atoms with E-state index in [1.54, 1.807) is 0 Å². The Morgan fingerprint density at radius 1 is 0.651 bits per heavy atom. The van der Waals surface area contributed by atoms with Crippen molar-refractivity contribution in [2.75, 3.05) is 26.4 Å². The number of rotatable bonds is 8. The SMILES string of the molecule is CC(C)(C)c1cc(-c2ccn(-c3cc(C(C)(C)C)c(OCC4CO4)c(C(C)(C)C)c3)n2)cc(C(C)(C)C)c1OCC1CO1. The third-order valence-electron chi connectivity index (χ3n) is 8.18. The molecule has 2 atom stereocenters. The topological polar surface area (TPSA) is 61.3 Å². The highest BCUT2D eigenvalue weighted by Gasteiger charge is 2.33. The molecule has 0 bridgehead atoms. The number of aromatic nitrogens is 2. The Hall–Kier alpha value is -2.83. The first-order chi connectivity index (χ1) is 19.8. The van der Waals surface area contributed by atoms with Crippen molar-refractivity contribution in [3.05, 3.63) is 58.8 Å². The lowest BCUT2D eigenvalue weighted by molar-refractivity contribution is 0.253. The molecule has 43 heavy (non-hydrogen) atoms. The van der Waals surface area contributed by atoms with E-state index in [0.29, 0.717) is 13.2 Å². The number of hydrogen-bond acceptors (Lipinski definition) is 5. The lowest BCUT2D eigenvalue weighted by Crippen LogP contribution is -2.22. The van der Waals surface area contributed by atoms with E-state index in [9.17, 15) is 0 Å². The van der Waals surface area contributed by atoms with Gasteiger partial charge in [-0.2, -0.15) is 5.10 Å². The van der Waals surface area contributed by atoms with Crippen molar-refractivity contribution in [1.82, 2.24) is 9.78 Å². The molecule has 0 amide bonds. The lowest BCUT2D eigenvalue weighted by atomic mass is 9.78. The first kappa shape index (κ1) is 31.6. The second kappa shape index (κ2) is 11.0. The maximum Gasteiger partial charge on any atom is 0.127 e. The third kappa shape index (κ3) is 7.29. The summed E-state index contributed by atoms with van der Waals surface area (Å²) in [6.07, 6.45) is 2.47. The van der Waals surface area contributed by atoms with E-state index in [1.807, 2.05) is 4.68 Å². The van der Waals surface area contributed by atoms with Crippen LogP contribution in [0.2, 0.25) is 0 Å². The molecule has 2 unspecified atom stereocenters. The summed E-state index contributed by atoms with van der Waals surface area (Å²) in [5.74, 6) is 1.96. The summed E-state index contributed by atoms with van der Waals surface area (Å²) >= 11 is 0. The molecule has 3 heterocycles. The molecule has 234 valence electrons. The van der Waals surface area contributed by atoms with Gasteiger partial charge in [-0.05, 0) is 52.0 Å². The van der Waals surface area contributed by atoms with Gasteiger partial charge in [0.2, 0.25) is 0 Å². The predicted molar refractivity (Wildman–Crippen MR) is 174 cm³/mol. The zero-order chi connectivity index (χ0) is 31.5. The summed E-state index contributed by atoms with van der Waals surface area (Å²) in [6, 6.07) is 11.1. The molecule has 2 fully saturated rings. The molecular weight excluding hydrogens is 536 g/mol. The van der Waals surface area contributed by atoms with E-state index >= 15 is 0 Å². The van der Waals surface area contributed by atoms with E-state index in [0.717, 1.165) is 41.7 Å². The molecule has 6 nitrogen and oxygen atoms in total. The normalized spacial score (nSPS) is 19.0. The Morgan fingerprint density at radius 3 is 1.37 bits per heavy atom. The van der Waals surface area contributed by atoms with Crippen LogP contribution in [-0.4, -0.2) is 48.4 Å². The maximum atomic E-state index is 6.48. The first-order valence-corrected chi connectivity index (χ1v) is 15.8. The summed E-state index contributed by atoms with van der Waals surface area (Å²) in [4.78, 5) is 0. The summed E-state index contributed by atoms with van der Waals surface area (Å²) in [7, 11) is 0. The maximum absolute atomic E-state index is 6.48. The molecule has 5 rings (SSSR count). The molecule has 2 aliphatic rings. The van der Waals surface area contributed by atoms with Crippen molar-refractivity contribution in [2.45, 2.75) is 117 Å². The van der Waals surface area contributed by atoms with Gasteiger partial charge in [0.1, 0.15) is 36.9 Å². The summed E-state index contributed by atoms with van der Waals surface area (Å²) in [5.41, 5.74) is 7.37. The fourth-order valence-electron chi connectivity index (χ4n) is 5.36. The van der Waals surface area contributed by atoms with Gasteiger partial charge in [0.05, 0.1) is 24.6 Å². The van der Waals surface area contributed by atoms with Gasteiger partial charge >= 0.3 is 0 Å². The van der Waals surface area contributed by atoms with Crippen LogP contribution in [0.25, 0.3) is 16.9 Å². The minimum Gasteiger partial charge on any atom is -0.490 e. The molecule has 0 aliphatic carbocycles. The molecule has 0 N–H and O–H groups in total. The molecule has 0 saturated carbocycles. The van der Waals surface area contributed by atoms with Gasteiger partial charge in [-0.3, -0.25) is 0 Å². The monoisotopic (exact) mass is 588 g/mol. The zero-order valence-corrected chi connectivity index (χ0v) is 28.5. The van der Waals surface area contributed by atoms with E-state index in [4.69, 9.17) is 24.0 Å². The van der Waals surface area contributed by atoms with E-state index in [-0.39, 0.29) is 33.9 Å². The summed E-state index contributed by atoms with van der Waals surface area (Å²) in [6.45, 7) is 29.7. The number of hydrogen-bond donors (Lipinski definition) is 0. The first-order valence-electron chi connectivity index (χ1n) is 15.8. The average molecular weight is 589 g/mol. The van der Waals surface area contributed by atoms with Gasteiger partial charge in [-0.15, -0.1) is 0 Å². The van der Waals surface area contributed by atoms with Crippen molar-refractivity contribution in [3.8, 4) is 28.4 Å². The Bertz CT molecular complexity index is 1290. The largest absolute Gasteiger partial charge is 0.490 e. The van der Waals surface area contributed by atoms with Crippen molar-refractivity contribution < 1.29 is 18.9 Å². The van der Waals surface area contributed by atoms with Crippen LogP contribution in [0.5, 0.6) is 11.5 Å². The predicted octanol–water partition coefficient (Wildman–Crippen LogP) is 8.28. The van der Waals surface area contributed by atoms with Crippen LogP contribution in [0.1, 0.15) is 105 Å². The van der Waals surface area contributed by atoms with Gasteiger partial charge in [-0.1, -0.05) is 83.1 Å². The van der Waals surface area contributed by atoms with Gasteiger partial charge < -0.3 is 18.9 Å². The number of benzene rings is 2. The van der Waals surface area contributed by atoms with Crippen LogP contribution in [-0.2, 0) is 31.1 Å². The highest BCUT2D eigenvalue weighted by atomic mass is 16.6. The quantitative estimate of drug-likeness (QED) is 0.248. The molecule has 2 aliphatic heterocycles. The molecular formula is C37H52N2O4. The highest BCUT2D eigenvalue weighted by Crippen LogP contribution is 2.44. The van der Waals surface area contributed by atoms with Crippen LogP contribution in [0.4, 0.5) is 0 Å². The Balaban J connectivity index is 1.60. The molecule has 3 aromatic rings. The Labute approximate surface area is 259 Å². The minimum absolute atomic E-state index is 0.108. The molecule has 0 radical (unpaired) electrons. The number of epoxide rings is 2. The summed E-state index contributed by atoms with van der Waals surface area (Å²) < 4.78 is 25.9. The van der Waals surface area contributed by atoms with E-state index in [1.165, 1.54) is 22.3 Å². The zero-order valence-electron chi connectivity index (χ0n) is 28.5. The highest BCUT2D eigenvalue weighted by molar-refractivity contribution is 5.67. The van der Waals surface area contributed by atoms with Crippen LogP contribution >= 0.6 is 0 Å². The van der Waals surface area contributed by atoms with Crippen LogP contribution in [0, 0.1) is 0 Å². The molecule has 0 spiro atoms. The minimum atomic E-state index is -0.115. The van der Waals surface area contributed by atoms with Crippen molar-refractivity contribution >= 4 is 0 Å². The standard InChI is InChI=1S/C37H52N2O4/c1-34(2,3)27-15-23(16-28(35(4,5)6)32(27)42-21-25-19-40-25)31-13-14-39(38-31)24-17-29(36(7,8)9)33(43-22-26-20-41-26)30(18-24)37(10,11)12/h13-18,25-26H,19-22H2,1-12H3. The molecule has 2 saturated heterocycles. The Kier molecular flexibility index (Phi) is 8.05. The smallest absolute Gasteiger partial charge is 0.127 e. The van der Waals surface area contributed by atoms with Crippen molar-refractivity contribution in [2.24, 2.45) is 0 Å². The van der Waals surface area contributed by atoms with Crippen molar-refractivity contribution in [3.63, 3.8) is 0 Å². The van der Waals surface area contributed by atoms with Gasteiger partial charge in [0.15, 0.2) is 0 Å². The van der Waals surface area contributed by atoms with Crippen LogP contribution in [0.3, 0.4) is 0 Å². The molecule has 1 aromatic heterocycles. The van der Waals surface area contributed by atoms with Gasteiger partial charge in [0.25, 0.3) is 0 Å². The van der Waals surface area contributed by atoms with Crippen LogP contribution in [0.15, 0.2) is 36.5 Å². The van der Waals surface area contributed by atoms with Gasteiger partial charge in [0, 0.05) is 34.0 Å². The third-order valence-corrected chi connectivity index (χ3v) is 8.18. The Morgan fingerprint density at radius 2 is 1.02 bits per heavy atom. The van der Waals surface area contributed by atoms with Crippen LogP contribution < -0.4 is 9.47 Å². The van der Waals surface area contributed by atoms with E-state index < -0.39 is 0 Å². The fraction of sp³-hybridized carbons (Fsp3) is 0.595. The second-order valence-corrected chi connectivity index (χ2v) is 16.4. The van der Waals surface area contributed by atoms with Gasteiger partial charge in [-0.25, -0.2) is 4.68 Å². The second-order valence-electron chi connectivity index (χ2n) is 16.4. The summed E-state index contributed by atoms with van der Waals surface area (Å²) in [5, 5.41) is 5.17. The fourth-order valence-corrected chi connectivity index (χ4v) is 5.36. The average Bonchev–Trinajstić information content (AvgIpc) is 3.82. The molecule has 6 heteroatoms. The van der Waals surface area contributed by atoms with E-state index in [2.05, 4.69) is 120 Å². The molecule has 2 aromatic carbocycles. The number of ether oxygens (including phenoxy) is 4. The lowest BCUT2D eigenvalue weighted by Gasteiger charge is -2.30. The van der Waals surface area contributed by atoms with Crippen molar-refractivity contribution in [1.29, 1.82) is 0 Å².